The minimum Gasteiger partial charge on any atom is -0.0955 e. The standard InChI is InChI=1S/C19H22S/c1-6-19(20-14(4)5)16-11-10-15-8-7-9-17(13(2)3)18(15)12-16/h6-9,11H,2,4,10,12H2,1,3,5H3/b19-6-. The monoisotopic (exact) mass is 282 g/mol. The molecule has 1 heteroatoms. The van der Waals surface area contributed by atoms with E-state index in [1.54, 1.807) is 11.8 Å². The summed E-state index contributed by atoms with van der Waals surface area (Å²) in [6.07, 6.45) is 6.56. The lowest BCUT2D eigenvalue weighted by molar-refractivity contribution is 1.03. The quantitative estimate of drug-likeness (QED) is 0.661. The van der Waals surface area contributed by atoms with Crippen molar-refractivity contribution < 1.29 is 0 Å². The molecule has 0 atom stereocenters. The van der Waals surface area contributed by atoms with E-state index in [0.717, 1.165) is 23.3 Å². The smallest absolute Gasteiger partial charge is 0.0108 e. The molecule has 20 heavy (non-hydrogen) atoms. The van der Waals surface area contributed by atoms with Gasteiger partial charge in [-0.2, -0.15) is 0 Å². The molecule has 1 aromatic carbocycles. The molecule has 0 spiro atoms. The van der Waals surface area contributed by atoms with Gasteiger partial charge in [-0.25, -0.2) is 0 Å². The summed E-state index contributed by atoms with van der Waals surface area (Å²) in [5.41, 5.74) is 6.76. The maximum absolute atomic E-state index is 4.12. The van der Waals surface area contributed by atoms with Gasteiger partial charge in [-0.15, -0.1) is 0 Å². The number of hydrogen-bond acceptors (Lipinski definition) is 1. The lowest BCUT2D eigenvalue weighted by Gasteiger charge is -2.22. The Hall–Kier alpha value is -1.47. The van der Waals surface area contributed by atoms with Crippen molar-refractivity contribution in [2.24, 2.45) is 0 Å². The van der Waals surface area contributed by atoms with Crippen LogP contribution in [0.25, 0.3) is 5.57 Å². The van der Waals surface area contributed by atoms with Crippen LogP contribution in [0.4, 0.5) is 0 Å². The van der Waals surface area contributed by atoms with E-state index in [4.69, 9.17) is 0 Å². The first kappa shape index (κ1) is 14.9. The van der Waals surface area contributed by atoms with Crippen molar-refractivity contribution in [1.29, 1.82) is 0 Å². The Kier molecular flexibility index (Phi) is 4.72. The number of hydrogen-bond donors (Lipinski definition) is 0. The molecule has 0 radical (unpaired) electrons. The molecule has 0 heterocycles. The Balaban J connectivity index is 2.35. The first-order valence-electron chi connectivity index (χ1n) is 6.98. The van der Waals surface area contributed by atoms with Crippen molar-refractivity contribution >= 4 is 17.3 Å². The summed E-state index contributed by atoms with van der Waals surface area (Å²) < 4.78 is 0. The van der Waals surface area contributed by atoms with Crippen LogP contribution in [0, 0.1) is 0 Å². The molecule has 1 aromatic rings. The van der Waals surface area contributed by atoms with Crippen LogP contribution in [-0.4, -0.2) is 0 Å². The normalized spacial score (nSPS) is 14.6. The van der Waals surface area contributed by atoms with E-state index in [1.807, 2.05) is 0 Å². The van der Waals surface area contributed by atoms with Crippen LogP contribution < -0.4 is 0 Å². The van der Waals surface area contributed by atoms with E-state index < -0.39 is 0 Å². The lowest BCUT2D eigenvalue weighted by atomic mass is 9.86. The van der Waals surface area contributed by atoms with E-state index >= 15 is 0 Å². The Morgan fingerprint density at radius 2 is 2.00 bits per heavy atom. The maximum atomic E-state index is 4.12. The van der Waals surface area contributed by atoms with Gasteiger partial charge >= 0.3 is 0 Å². The third kappa shape index (κ3) is 3.16. The summed E-state index contributed by atoms with van der Waals surface area (Å²) in [5.74, 6) is 0. The van der Waals surface area contributed by atoms with Crippen LogP contribution in [-0.2, 0) is 12.8 Å². The Bertz CT molecular complexity index is 615. The Morgan fingerprint density at radius 1 is 1.25 bits per heavy atom. The molecule has 1 aliphatic carbocycles. The topological polar surface area (TPSA) is 0 Å². The zero-order valence-electron chi connectivity index (χ0n) is 12.6. The summed E-state index contributed by atoms with van der Waals surface area (Å²) in [5, 5.41) is 0. The summed E-state index contributed by atoms with van der Waals surface area (Å²) in [6.45, 7) is 14.4. The molecule has 0 aromatic heterocycles. The van der Waals surface area contributed by atoms with Gasteiger partial charge in [0.2, 0.25) is 0 Å². The third-order valence-corrected chi connectivity index (χ3v) is 4.60. The molecule has 0 N–H and O–H groups in total. The highest BCUT2D eigenvalue weighted by Gasteiger charge is 2.17. The van der Waals surface area contributed by atoms with E-state index in [1.165, 1.54) is 27.2 Å². The van der Waals surface area contributed by atoms with Crippen LogP contribution in [0.2, 0.25) is 0 Å². The molecular formula is C19H22S. The van der Waals surface area contributed by atoms with Crippen LogP contribution in [0.15, 0.2) is 58.9 Å². The SMILES string of the molecule is C=C(C)S/C(=C\C)C1=CCc2cccc(C(=C)C)c2C1. The molecule has 0 saturated heterocycles. The molecule has 104 valence electrons. The van der Waals surface area contributed by atoms with Crippen molar-refractivity contribution in [3.05, 3.63) is 75.6 Å². The van der Waals surface area contributed by atoms with Crippen molar-refractivity contribution in [3.63, 3.8) is 0 Å². The summed E-state index contributed by atoms with van der Waals surface area (Å²) in [4.78, 5) is 2.47. The van der Waals surface area contributed by atoms with Crippen molar-refractivity contribution in [2.45, 2.75) is 33.6 Å². The van der Waals surface area contributed by atoms with Crippen LogP contribution >= 0.6 is 11.8 Å². The molecule has 0 unspecified atom stereocenters. The second-order valence-corrected chi connectivity index (χ2v) is 6.63. The number of thioether (sulfide) groups is 1. The van der Waals surface area contributed by atoms with E-state index in [9.17, 15) is 0 Å². The fourth-order valence-electron chi connectivity index (χ4n) is 2.62. The van der Waals surface area contributed by atoms with Gasteiger partial charge in [0.05, 0.1) is 0 Å². The number of fused-ring (bicyclic) bond motifs is 1. The van der Waals surface area contributed by atoms with E-state index in [-0.39, 0.29) is 0 Å². The Morgan fingerprint density at radius 3 is 2.60 bits per heavy atom. The molecule has 1 aliphatic rings. The number of rotatable bonds is 4. The summed E-state index contributed by atoms with van der Waals surface area (Å²) in [6, 6.07) is 6.56. The average Bonchev–Trinajstić information content (AvgIpc) is 2.43. The maximum Gasteiger partial charge on any atom is 0.0108 e. The highest BCUT2D eigenvalue weighted by Crippen LogP contribution is 2.36. The van der Waals surface area contributed by atoms with Crippen LogP contribution in [0.3, 0.4) is 0 Å². The summed E-state index contributed by atoms with van der Waals surface area (Å²) in [7, 11) is 0. The van der Waals surface area contributed by atoms with Gasteiger partial charge < -0.3 is 0 Å². The largest absolute Gasteiger partial charge is 0.0955 e. The summed E-state index contributed by atoms with van der Waals surface area (Å²) >= 11 is 1.77. The molecule has 0 fully saturated rings. The molecule has 0 bridgehead atoms. The fourth-order valence-corrected chi connectivity index (χ4v) is 3.40. The predicted octanol–water partition coefficient (Wildman–Crippen LogP) is 5.92. The second-order valence-electron chi connectivity index (χ2n) is 5.29. The first-order valence-corrected chi connectivity index (χ1v) is 7.80. The molecule has 0 nitrogen and oxygen atoms in total. The third-order valence-electron chi connectivity index (χ3n) is 3.53. The van der Waals surface area contributed by atoms with Crippen LogP contribution in [0.5, 0.6) is 0 Å². The minimum absolute atomic E-state index is 0.998. The minimum atomic E-state index is 0.998. The molecule has 0 amide bonds. The first-order chi connectivity index (χ1) is 9.52. The van der Waals surface area contributed by atoms with Gasteiger partial charge in [0.25, 0.3) is 0 Å². The van der Waals surface area contributed by atoms with E-state index in [0.29, 0.717) is 0 Å². The molecule has 0 aliphatic heterocycles. The Labute approximate surface area is 127 Å². The van der Waals surface area contributed by atoms with E-state index in [2.05, 4.69) is 64.3 Å². The van der Waals surface area contributed by atoms with Gasteiger partial charge in [-0.05, 0) is 60.8 Å². The van der Waals surface area contributed by atoms with Crippen LogP contribution in [0.1, 0.15) is 37.5 Å². The van der Waals surface area contributed by atoms with Crippen molar-refractivity contribution in [3.8, 4) is 0 Å². The zero-order valence-corrected chi connectivity index (χ0v) is 13.4. The van der Waals surface area contributed by atoms with Crippen molar-refractivity contribution in [1.82, 2.24) is 0 Å². The molecular weight excluding hydrogens is 260 g/mol. The van der Waals surface area contributed by atoms with Gasteiger partial charge in [0.15, 0.2) is 0 Å². The van der Waals surface area contributed by atoms with Crippen molar-refractivity contribution in [2.75, 3.05) is 0 Å². The predicted molar refractivity (Wildman–Crippen MR) is 92.8 cm³/mol. The fraction of sp³-hybridized carbons (Fsp3) is 0.263. The van der Waals surface area contributed by atoms with Gasteiger partial charge in [-0.3, -0.25) is 0 Å². The zero-order chi connectivity index (χ0) is 14.7. The second kappa shape index (κ2) is 6.32. The average molecular weight is 282 g/mol. The molecule has 2 rings (SSSR count). The number of allylic oxidation sites excluding steroid dienone is 5. The molecule has 0 saturated carbocycles. The van der Waals surface area contributed by atoms with Gasteiger partial charge in [-0.1, -0.05) is 60.8 Å². The highest BCUT2D eigenvalue weighted by molar-refractivity contribution is 8.06. The van der Waals surface area contributed by atoms with Gasteiger partial charge in [0.1, 0.15) is 0 Å². The number of benzene rings is 1. The highest BCUT2D eigenvalue weighted by atomic mass is 32.2. The van der Waals surface area contributed by atoms with Gasteiger partial charge in [0, 0.05) is 4.91 Å². The lowest BCUT2D eigenvalue weighted by Crippen LogP contribution is -2.07.